The van der Waals surface area contributed by atoms with Gasteiger partial charge in [-0.1, -0.05) is 13.8 Å². The SMILES string of the molecule is C[C@@]1(CO)[C@H](O)CC[C@@]2(C)[C@H]1CC[C@@H]1C[C@@H]3[C@@H](O)[C@@]12CC[C@]3(O)CO. The molecule has 0 saturated heterocycles. The lowest BCUT2D eigenvalue weighted by molar-refractivity contribution is -0.249. The van der Waals surface area contributed by atoms with Crippen LogP contribution in [0, 0.1) is 34.0 Å². The van der Waals surface area contributed by atoms with Crippen LogP contribution in [-0.2, 0) is 0 Å². The fourth-order valence-corrected chi connectivity index (χ4v) is 8.07. The second-order valence-electron chi connectivity index (χ2n) is 10.1. The van der Waals surface area contributed by atoms with Crippen molar-refractivity contribution in [1.29, 1.82) is 0 Å². The fraction of sp³-hybridized carbons (Fsp3) is 1.00. The Morgan fingerprint density at radius 3 is 2.28 bits per heavy atom. The molecule has 25 heavy (non-hydrogen) atoms. The smallest absolute Gasteiger partial charge is 0.0930 e. The zero-order valence-electron chi connectivity index (χ0n) is 15.5. The average molecular weight is 354 g/mol. The van der Waals surface area contributed by atoms with Gasteiger partial charge in [0.1, 0.15) is 0 Å². The molecule has 4 fully saturated rings. The van der Waals surface area contributed by atoms with Gasteiger partial charge < -0.3 is 25.5 Å². The number of hydrogen-bond acceptors (Lipinski definition) is 5. The summed E-state index contributed by atoms with van der Waals surface area (Å²) in [5.41, 5.74) is -2.12. The molecule has 0 unspecified atom stereocenters. The monoisotopic (exact) mass is 354 g/mol. The molecule has 5 heteroatoms. The third-order valence-corrected chi connectivity index (χ3v) is 9.58. The maximum Gasteiger partial charge on any atom is 0.0930 e. The van der Waals surface area contributed by atoms with E-state index in [9.17, 15) is 25.5 Å². The molecular formula is C20H34O5. The van der Waals surface area contributed by atoms with Gasteiger partial charge in [0, 0.05) is 16.7 Å². The van der Waals surface area contributed by atoms with Gasteiger partial charge in [0.15, 0.2) is 0 Å². The largest absolute Gasteiger partial charge is 0.396 e. The molecule has 144 valence electrons. The first-order valence-corrected chi connectivity index (χ1v) is 10.00. The summed E-state index contributed by atoms with van der Waals surface area (Å²) in [5, 5.41) is 52.7. The van der Waals surface area contributed by atoms with Crippen molar-refractivity contribution >= 4 is 0 Å². The van der Waals surface area contributed by atoms with Gasteiger partial charge in [-0.25, -0.2) is 0 Å². The molecule has 4 saturated carbocycles. The van der Waals surface area contributed by atoms with Gasteiger partial charge in [0.05, 0.1) is 31.0 Å². The zero-order valence-corrected chi connectivity index (χ0v) is 15.5. The Kier molecular flexibility index (Phi) is 3.94. The van der Waals surface area contributed by atoms with Gasteiger partial charge in [0.25, 0.3) is 0 Å². The minimum absolute atomic E-state index is 0.0325. The Morgan fingerprint density at radius 1 is 0.920 bits per heavy atom. The van der Waals surface area contributed by atoms with Crippen LogP contribution in [0.2, 0.25) is 0 Å². The van der Waals surface area contributed by atoms with E-state index in [1.807, 2.05) is 6.92 Å². The average Bonchev–Trinajstić information content (AvgIpc) is 2.82. The van der Waals surface area contributed by atoms with Crippen LogP contribution in [0.15, 0.2) is 0 Å². The predicted octanol–water partition coefficient (Wildman–Crippen LogP) is 1.06. The first kappa shape index (κ1) is 18.2. The molecule has 5 nitrogen and oxygen atoms in total. The van der Waals surface area contributed by atoms with Crippen molar-refractivity contribution in [3.05, 3.63) is 0 Å². The molecule has 4 aliphatic carbocycles. The predicted molar refractivity (Wildman–Crippen MR) is 92.6 cm³/mol. The third-order valence-electron chi connectivity index (χ3n) is 9.58. The molecule has 1 spiro atoms. The van der Waals surface area contributed by atoms with E-state index < -0.39 is 23.2 Å². The van der Waals surface area contributed by atoms with Crippen LogP contribution < -0.4 is 0 Å². The molecule has 2 bridgehead atoms. The Hall–Kier alpha value is -0.200. The molecule has 0 aromatic carbocycles. The highest BCUT2D eigenvalue weighted by atomic mass is 16.3. The van der Waals surface area contributed by atoms with E-state index in [2.05, 4.69) is 6.92 Å². The summed E-state index contributed by atoms with van der Waals surface area (Å²) in [6.45, 7) is 3.95. The quantitative estimate of drug-likeness (QED) is 0.510. The van der Waals surface area contributed by atoms with Crippen LogP contribution in [0.4, 0.5) is 0 Å². The molecule has 0 amide bonds. The van der Waals surface area contributed by atoms with E-state index >= 15 is 0 Å². The highest BCUT2D eigenvalue weighted by Gasteiger charge is 2.74. The summed E-state index contributed by atoms with van der Waals surface area (Å²) < 4.78 is 0. The first-order valence-electron chi connectivity index (χ1n) is 10.00. The Bertz CT molecular complexity index is 554. The van der Waals surface area contributed by atoms with Crippen LogP contribution in [0.25, 0.3) is 0 Å². The van der Waals surface area contributed by atoms with Crippen LogP contribution in [-0.4, -0.2) is 56.6 Å². The van der Waals surface area contributed by atoms with Crippen molar-refractivity contribution in [2.24, 2.45) is 34.0 Å². The van der Waals surface area contributed by atoms with Gasteiger partial charge in [-0.15, -0.1) is 0 Å². The molecule has 9 atom stereocenters. The normalized spacial score (nSPS) is 60.8. The minimum atomic E-state index is -1.16. The highest BCUT2D eigenvalue weighted by Crippen LogP contribution is 2.75. The summed E-state index contributed by atoms with van der Waals surface area (Å²) in [4.78, 5) is 0. The van der Waals surface area contributed by atoms with Gasteiger partial charge >= 0.3 is 0 Å². The first-order chi connectivity index (χ1) is 11.7. The number of aliphatic hydroxyl groups is 5. The Morgan fingerprint density at radius 2 is 1.64 bits per heavy atom. The summed E-state index contributed by atoms with van der Waals surface area (Å²) in [5.74, 6) is 0.255. The molecule has 0 aromatic heterocycles. The summed E-state index contributed by atoms with van der Waals surface area (Å²) in [6, 6.07) is 0. The van der Waals surface area contributed by atoms with Crippen LogP contribution >= 0.6 is 0 Å². The zero-order chi connectivity index (χ0) is 18.3. The van der Waals surface area contributed by atoms with E-state index in [0.717, 1.165) is 32.1 Å². The number of fused-ring (bicyclic) bond motifs is 2. The van der Waals surface area contributed by atoms with E-state index in [1.54, 1.807) is 0 Å². The summed E-state index contributed by atoms with van der Waals surface area (Å²) in [6.07, 6.45) is 4.33. The van der Waals surface area contributed by atoms with E-state index in [4.69, 9.17) is 0 Å². The van der Waals surface area contributed by atoms with Crippen molar-refractivity contribution in [3.63, 3.8) is 0 Å². The minimum Gasteiger partial charge on any atom is -0.396 e. The van der Waals surface area contributed by atoms with E-state index in [-0.39, 0.29) is 35.9 Å². The lowest BCUT2D eigenvalue weighted by atomic mass is 9.38. The van der Waals surface area contributed by atoms with Gasteiger partial charge in [0.2, 0.25) is 0 Å². The van der Waals surface area contributed by atoms with Crippen LogP contribution in [0.1, 0.15) is 58.8 Å². The maximum atomic E-state index is 11.4. The van der Waals surface area contributed by atoms with Crippen LogP contribution in [0.3, 0.4) is 0 Å². The lowest BCUT2D eigenvalue weighted by Crippen LogP contribution is -2.67. The fourth-order valence-electron chi connectivity index (χ4n) is 8.07. The number of hydrogen-bond donors (Lipinski definition) is 5. The van der Waals surface area contributed by atoms with Crippen molar-refractivity contribution < 1.29 is 25.5 Å². The molecular weight excluding hydrogens is 320 g/mol. The number of rotatable bonds is 2. The molecule has 0 aliphatic heterocycles. The number of aliphatic hydroxyl groups excluding tert-OH is 4. The van der Waals surface area contributed by atoms with Crippen LogP contribution in [0.5, 0.6) is 0 Å². The van der Waals surface area contributed by atoms with Gasteiger partial charge in [-0.05, 0) is 62.2 Å². The molecule has 4 rings (SSSR count). The lowest BCUT2D eigenvalue weighted by Gasteiger charge is -2.67. The second kappa shape index (κ2) is 5.41. The third kappa shape index (κ3) is 1.92. The van der Waals surface area contributed by atoms with Crippen molar-refractivity contribution in [3.8, 4) is 0 Å². The topological polar surface area (TPSA) is 101 Å². The van der Waals surface area contributed by atoms with E-state index in [0.29, 0.717) is 18.8 Å². The Balaban J connectivity index is 1.80. The highest BCUT2D eigenvalue weighted by molar-refractivity contribution is 5.22. The van der Waals surface area contributed by atoms with Gasteiger partial charge in [-0.3, -0.25) is 0 Å². The molecule has 0 radical (unpaired) electrons. The summed E-state index contributed by atoms with van der Waals surface area (Å²) >= 11 is 0. The molecule has 5 N–H and O–H groups in total. The second-order valence-corrected chi connectivity index (χ2v) is 10.1. The van der Waals surface area contributed by atoms with E-state index in [1.165, 1.54) is 0 Å². The summed E-state index contributed by atoms with van der Waals surface area (Å²) in [7, 11) is 0. The molecule has 4 aliphatic rings. The Labute approximate surface area is 150 Å². The maximum absolute atomic E-state index is 11.4. The standard InChI is InChI=1S/C20H34O5/c1-17(10-21)14-4-3-12-9-13-16(24)20(12,8-7-19(13,25)11-22)18(14,2)6-5-15(17)23/h12-16,21-25H,3-11H2,1-2H3/t12-,13-,14+,15-,16-,17+,18+,19+,20-/m1/s1. The van der Waals surface area contributed by atoms with Gasteiger partial charge in [-0.2, -0.15) is 0 Å². The molecule has 0 heterocycles. The molecule has 0 aromatic rings. The van der Waals surface area contributed by atoms with Crippen molar-refractivity contribution in [2.45, 2.75) is 76.6 Å². The van der Waals surface area contributed by atoms with Crippen molar-refractivity contribution in [1.82, 2.24) is 0 Å². The van der Waals surface area contributed by atoms with Crippen molar-refractivity contribution in [2.75, 3.05) is 13.2 Å².